The highest BCUT2D eigenvalue weighted by atomic mass is 15.1. The lowest BCUT2D eigenvalue weighted by Gasteiger charge is -2.19. The number of aromatic nitrogens is 6. The Labute approximate surface area is 407 Å². The molecule has 332 valence electrons. The van der Waals surface area contributed by atoms with Crippen molar-refractivity contribution in [3.8, 4) is 84.6 Å². The minimum atomic E-state index is 0.758. The minimum Gasteiger partial charge on any atom is -0.292 e. The molecule has 0 N–H and O–H groups in total. The average Bonchev–Trinajstić information content (AvgIpc) is 4.14. The average molecular weight is 899 g/mol. The van der Waals surface area contributed by atoms with E-state index in [9.17, 15) is 0 Å². The standard InChI is InChI=1S/C64H46N6/c1-3-24-59-53(4-2)65-62(68(59)56-36-19-14-31-50(56)44-25-8-5-9-26-44)47-41-48(63-66-54-34-17-22-39-60(54)69(63)57-37-20-15-32-51(57)45-27-10-6-11-28-45)43-49(42-47)64-67-55-35-18-23-40-61(55)70(64)58-38-21-16-33-52(58)46-29-12-7-13-30-46/h3-43H,2H2,1H3/b24-3-. The highest BCUT2D eigenvalue weighted by Gasteiger charge is 2.25. The van der Waals surface area contributed by atoms with Gasteiger partial charge < -0.3 is 0 Å². The van der Waals surface area contributed by atoms with Crippen molar-refractivity contribution in [2.75, 3.05) is 0 Å². The third-order valence-electron chi connectivity index (χ3n) is 13.0. The highest BCUT2D eigenvalue weighted by Crippen LogP contribution is 2.42. The topological polar surface area (TPSA) is 53.5 Å². The molecule has 9 aromatic carbocycles. The van der Waals surface area contributed by atoms with Gasteiger partial charge in [-0.05, 0) is 96.4 Å². The van der Waals surface area contributed by atoms with Gasteiger partial charge >= 0.3 is 0 Å². The van der Waals surface area contributed by atoms with Gasteiger partial charge in [-0.25, -0.2) is 15.0 Å². The van der Waals surface area contributed by atoms with Crippen LogP contribution in [0.15, 0.2) is 243 Å². The Balaban J connectivity index is 1.20. The molecule has 0 saturated heterocycles. The number of hydrogen-bond donors (Lipinski definition) is 0. The fourth-order valence-corrected chi connectivity index (χ4v) is 9.89. The Bertz CT molecular complexity index is 3730. The Morgan fingerprint density at radius 3 is 1.10 bits per heavy atom. The first kappa shape index (κ1) is 42.0. The molecule has 0 saturated carbocycles. The van der Waals surface area contributed by atoms with Crippen molar-refractivity contribution in [3.63, 3.8) is 0 Å². The van der Waals surface area contributed by atoms with Gasteiger partial charge in [0.1, 0.15) is 17.5 Å². The first-order valence-corrected chi connectivity index (χ1v) is 23.6. The summed E-state index contributed by atoms with van der Waals surface area (Å²) >= 11 is 0. The molecule has 3 heterocycles. The third-order valence-corrected chi connectivity index (χ3v) is 13.0. The third kappa shape index (κ3) is 7.36. The summed E-state index contributed by atoms with van der Waals surface area (Å²) in [6.07, 6.45) is 6.04. The largest absolute Gasteiger partial charge is 0.292 e. The molecule has 0 unspecified atom stereocenters. The zero-order valence-electron chi connectivity index (χ0n) is 38.6. The van der Waals surface area contributed by atoms with Crippen molar-refractivity contribution in [1.29, 1.82) is 0 Å². The molecule has 3 aromatic heterocycles. The van der Waals surface area contributed by atoms with Crippen LogP contribution in [0.2, 0.25) is 0 Å². The number of fused-ring (bicyclic) bond motifs is 2. The van der Waals surface area contributed by atoms with E-state index in [1.807, 2.05) is 13.0 Å². The number of allylic oxidation sites excluding steroid dienone is 1. The summed E-state index contributed by atoms with van der Waals surface area (Å²) < 4.78 is 6.90. The van der Waals surface area contributed by atoms with E-state index >= 15 is 0 Å². The van der Waals surface area contributed by atoms with Crippen LogP contribution in [0.5, 0.6) is 0 Å². The predicted molar refractivity (Wildman–Crippen MR) is 290 cm³/mol. The summed E-state index contributed by atoms with van der Waals surface area (Å²) in [5, 5.41) is 0. The minimum absolute atomic E-state index is 0.758. The zero-order valence-corrected chi connectivity index (χ0v) is 38.6. The van der Waals surface area contributed by atoms with Gasteiger partial charge in [-0.15, -0.1) is 0 Å². The summed E-state index contributed by atoms with van der Waals surface area (Å²) in [7, 11) is 0. The summed E-state index contributed by atoms with van der Waals surface area (Å²) in [5.41, 5.74) is 17.8. The van der Waals surface area contributed by atoms with E-state index in [1.54, 1.807) is 0 Å². The Kier molecular flexibility index (Phi) is 10.8. The van der Waals surface area contributed by atoms with E-state index in [0.29, 0.717) is 0 Å². The van der Waals surface area contributed by atoms with Crippen LogP contribution in [0.3, 0.4) is 0 Å². The summed E-state index contributed by atoms with van der Waals surface area (Å²) in [4.78, 5) is 16.5. The highest BCUT2D eigenvalue weighted by molar-refractivity contribution is 5.91. The van der Waals surface area contributed by atoms with Crippen LogP contribution in [0, 0.1) is 0 Å². The normalized spacial score (nSPS) is 11.5. The van der Waals surface area contributed by atoms with Gasteiger partial charge in [-0.3, -0.25) is 13.7 Å². The van der Waals surface area contributed by atoms with Gasteiger partial charge in [0, 0.05) is 33.4 Å². The molecule has 0 amide bonds. The van der Waals surface area contributed by atoms with E-state index in [4.69, 9.17) is 15.0 Å². The fourth-order valence-electron chi connectivity index (χ4n) is 9.89. The number of imidazole rings is 3. The Morgan fingerprint density at radius 1 is 0.357 bits per heavy atom. The molecule has 0 radical (unpaired) electrons. The summed E-state index contributed by atoms with van der Waals surface area (Å²) in [5.74, 6) is 2.34. The van der Waals surface area contributed by atoms with Crippen LogP contribution < -0.4 is 0 Å². The van der Waals surface area contributed by atoms with E-state index in [-0.39, 0.29) is 0 Å². The maximum atomic E-state index is 5.52. The molecule has 0 atom stereocenters. The van der Waals surface area contributed by atoms with Gasteiger partial charge in [0.2, 0.25) is 0 Å². The lowest BCUT2D eigenvalue weighted by atomic mass is 10.0. The second kappa shape index (κ2) is 18.0. The number of rotatable bonds is 11. The molecular formula is C64H46N6. The smallest absolute Gasteiger partial charge is 0.145 e. The quantitative estimate of drug-likeness (QED) is 0.130. The van der Waals surface area contributed by atoms with Crippen LogP contribution in [-0.4, -0.2) is 28.7 Å². The van der Waals surface area contributed by atoms with E-state index in [0.717, 1.165) is 118 Å². The molecule has 0 fully saturated rings. The first-order chi connectivity index (χ1) is 34.7. The van der Waals surface area contributed by atoms with Gasteiger partial charge in [-0.1, -0.05) is 183 Å². The molecular weight excluding hydrogens is 853 g/mol. The van der Waals surface area contributed by atoms with Gasteiger partial charge in [0.25, 0.3) is 0 Å². The number of benzene rings is 9. The Hall–Kier alpha value is -9.39. The van der Waals surface area contributed by atoms with Gasteiger partial charge in [-0.2, -0.15) is 0 Å². The maximum absolute atomic E-state index is 5.52. The van der Waals surface area contributed by atoms with E-state index < -0.39 is 0 Å². The lowest BCUT2D eigenvalue weighted by Crippen LogP contribution is -2.04. The number of para-hydroxylation sites is 7. The molecule has 0 spiro atoms. The van der Waals surface area contributed by atoms with Crippen LogP contribution in [0.1, 0.15) is 18.3 Å². The van der Waals surface area contributed by atoms with Crippen LogP contribution in [-0.2, 0) is 0 Å². The molecule has 0 bridgehead atoms. The molecule has 0 aliphatic heterocycles. The van der Waals surface area contributed by atoms with E-state index in [2.05, 4.69) is 263 Å². The monoisotopic (exact) mass is 898 g/mol. The molecule has 6 nitrogen and oxygen atoms in total. The van der Waals surface area contributed by atoms with Gasteiger partial charge in [0.15, 0.2) is 0 Å². The second-order valence-electron chi connectivity index (χ2n) is 17.2. The first-order valence-electron chi connectivity index (χ1n) is 23.6. The van der Waals surface area contributed by atoms with Crippen molar-refractivity contribution in [1.82, 2.24) is 28.7 Å². The molecule has 6 heteroatoms. The van der Waals surface area contributed by atoms with Crippen molar-refractivity contribution < 1.29 is 0 Å². The van der Waals surface area contributed by atoms with Crippen molar-refractivity contribution in [2.24, 2.45) is 0 Å². The zero-order chi connectivity index (χ0) is 47.0. The van der Waals surface area contributed by atoms with Crippen LogP contribution in [0.25, 0.3) is 119 Å². The van der Waals surface area contributed by atoms with Gasteiger partial charge in [0.05, 0.1) is 50.5 Å². The van der Waals surface area contributed by atoms with Crippen LogP contribution >= 0.6 is 0 Å². The summed E-state index contributed by atoms with van der Waals surface area (Å²) in [6.45, 7) is 6.34. The van der Waals surface area contributed by atoms with E-state index in [1.165, 1.54) is 0 Å². The molecule has 12 aromatic rings. The van der Waals surface area contributed by atoms with Crippen LogP contribution in [0.4, 0.5) is 0 Å². The fraction of sp³-hybridized carbons (Fsp3) is 0.0156. The number of hydrogen-bond acceptors (Lipinski definition) is 3. The molecule has 0 aliphatic carbocycles. The SMILES string of the molecule is C=Cc1nc(-c2cc(-c3nc4ccccc4n3-c3ccccc3-c3ccccc3)cc(-c3nc4ccccc4n3-c3ccccc3-c3ccccc3)c2)n(-c2ccccc2-c2ccccc2)c1/C=C\C. The van der Waals surface area contributed by atoms with Crippen molar-refractivity contribution in [2.45, 2.75) is 6.92 Å². The number of nitrogens with zero attached hydrogens (tertiary/aromatic N) is 6. The Morgan fingerprint density at radius 2 is 0.700 bits per heavy atom. The van der Waals surface area contributed by atoms with Crippen molar-refractivity contribution >= 4 is 34.2 Å². The molecule has 0 aliphatic rings. The maximum Gasteiger partial charge on any atom is 0.145 e. The summed E-state index contributed by atoms with van der Waals surface area (Å²) in [6, 6.07) is 81.0. The molecule has 12 rings (SSSR count). The van der Waals surface area contributed by atoms with Crippen molar-refractivity contribution in [3.05, 3.63) is 255 Å². The second-order valence-corrected chi connectivity index (χ2v) is 17.2. The predicted octanol–water partition coefficient (Wildman–Crippen LogP) is 16.2. The molecule has 70 heavy (non-hydrogen) atoms. The lowest BCUT2D eigenvalue weighted by molar-refractivity contribution is 1.05.